The highest BCUT2D eigenvalue weighted by Gasteiger charge is 2.16. The molecule has 0 atom stereocenters. The van der Waals surface area contributed by atoms with E-state index in [9.17, 15) is 9.59 Å². The summed E-state index contributed by atoms with van der Waals surface area (Å²) in [6.07, 6.45) is 4.32. The van der Waals surface area contributed by atoms with Gasteiger partial charge in [0.25, 0.3) is 0 Å². The third-order valence-corrected chi connectivity index (χ3v) is 3.07. The van der Waals surface area contributed by atoms with Gasteiger partial charge in [-0.1, -0.05) is 31.8 Å². The fourth-order valence-corrected chi connectivity index (χ4v) is 2.03. The van der Waals surface area contributed by atoms with Crippen LogP contribution in [0.15, 0.2) is 10.6 Å². The third-order valence-electron chi connectivity index (χ3n) is 3.07. The van der Waals surface area contributed by atoms with Gasteiger partial charge in [0.2, 0.25) is 11.8 Å². The lowest BCUT2D eigenvalue weighted by Crippen LogP contribution is -2.38. The zero-order valence-electron chi connectivity index (χ0n) is 13.1. The van der Waals surface area contributed by atoms with Crippen molar-refractivity contribution in [2.75, 3.05) is 18.4 Å². The maximum Gasteiger partial charge on any atom is 0.245 e. The Bertz CT molecular complexity index is 457. The van der Waals surface area contributed by atoms with Gasteiger partial charge in [-0.3, -0.25) is 9.59 Å². The van der Waals surface area contributed by atoms with Crippen LogP contribution in [0.4, 0.5) is 5.82 Å². The predicted octanol–water partition coefficient (Wildman–Crippen LogP) is 2.74. The first-order chi connectivity index (χ1) is 10.1. The van der Waals surface area contributed by atoms with E-state index in [1.165, 1.54) is 0 Å². The lowest BCUT2D eigenvalue weighted by atomic mass is 10.2. The van der Waals surface area contributed by atoms with Crippen molar-refractivity contribution in [1.82, 2.24) is 10.1 Å². The summed E-state index contributed by atoms with van der Waals surface area (Å²) in [7, 11) is 0. The number of aryl methyl sites for hydroxylation is 1. The first-order valence-corrected chi connectivity index (χ1v) is 7.57. The van der Waals surface area contributed by atoms with Crippen LogP contribution >= 0.6 is 0 Å². The van der Waals surface area contributed by atoms with Gasteiger partial charge in [-0.2, -0.15) is 0 Å². The van der Waals surface area contributed by atoms with Crippen LogP contribution in [0.3, 0.4) is 0 Å². The maximum atomic E-state index is 12.1. The molecule has 0 spiro atoms. The van der Waals surface area contributed by atoms with E-state index in [4.69, 9.17) is 4.52 Å². The van der Waals surface area contributed by atoms with Crippen molar-refractivity contribution >= 4 is 17.6 Å². The topological polar surface area (TPSA) is 75.4 Å². The van der Waals surface area contributed by atoms with Crippen molar-refractivity contribution in [3.8, 4) is 0 Å². The number of anilines is 1. The first-order valence-electron chi connectivity index (χ1n) is 7.57. The Labute approximate surface area is 125 Å². The average Bonchev–Trinajstić information content (AvgIpc) is 2.83. The molecule has 6 heteroatoms. The number of hydrogen-bond acceptors (Lipinski definition) is 4. The molecule has 0 aliphatic heterocycles. The standard InChI is InChI=1S/C15H25N3O3/c1-4-6-7-8-15(20)18(9-5-2)11-14(19)16-13-10-12(3)21-17-13/h10H,4-9,11H2,1-3H3,(H,16,17,19). The molecule has 0 aromatic carbocycles. The summed E-state index contributed by atoms with van der Waals surface area (Å²) >= 11 is 0. The van der Waals surface area contributed by atoms with Crippen LogP contribution in [0.1, 0.15) is 51.7 Å². The van der Waals surface area contributed by atoms with Crippen LogP contribution in [0.2, 0.25) is 0 Å². The van der Waals surface area contributed by atoms with E-state index in [2.05, 4.69) is 17.4 Å². The Hall–Kier alpha value is -1.85. The fraction of sp³-hybridized carbons (Fsp3) is 0.667. The van der Waals surface area contributed by atoms with E-state index < -0.39 is 0 Å². The molecular formula is C15H25N3O3. The second-order valence-corrected chi connectivity index (χ2v) is 5.14. The van der Waals surface area contributed by atoms with E-state index in [0.717, 1.165) is 25.7 Å². The summed E-state index contributed by atoms with van der Waals surface area (Å²) in [6.45, 7) is 6.50. The number of rotatable bonds is 9. The second kappa shape index (κ2) is 9.15. The fourth-order valence-electron chi connectivity index (χ4n) is 2.03. The molecule has 118 valence electrons. The van der Waals surface area contributed by atoms with Crippen molar-refractivity contribution < 1.29 is 14.1 Å². The molecule has 1 rings (SSSR count). The van der Waals surface area contributed by atoms with Crippen LogP contribution in [0.5, 0.6) is 0 Å². The van der Waals surface area contributed by atoms with Crippen molar-refractivity contribution in [3.63, 3.8) is 0 Å². The van der Waals surface area contributed by atoms with Crippen LogP contribution in [0, 0.1) is 6.92 Å². The van der Waals surface area contributed by atoms with E-state index >= 15 is 0 Å². The minimum absolute atomic E-state index is 0.0387. The average molecular weight is 295 g/mol. The minimum Gasteiger partial charge on any atom is -0.360 e. The number of hydrogen-bond donors (Lipinski definition) is 1. The van der Waals surface area contributed by atoms with Gasteiger partial charge in [-0.25, -0.2) is 0 Å². The molecule has 1 N–H and O–H groups in total. The van der Waals surface area contributed by atoms with Gasteiger partial charge in [-0.15, -0.1) is 0 Å². The van der Waals surface area contributed by atoms with Gasteiger partial charge in [0.1, 0.15) is 5.76 Å². The van der Waals surface area contributed by atoms with E-state index in [-0.39, 0.29) is 18.4 Å². The van der Waals surface area contributed by atoms with E-state index in [1.807, 2.05) is 6.92 Å². The molecule has 0 fully saturated rings. The molecule has 0 aliphatic rings. The lowest BCUT2D eigenvalue weighted by Gasteiger charge is -2.21. The molecular weight excluding hydrogens is 270 g/mol. The highest BCUT2D eigenvalue weighted by atomic mass is 16.5. The Morgan fingerprint density at radius 3 is 2.62 bits per heavy atom. The van der Waals surface area contributed by atoms with Gasteiger partial charge < -0.3 is 14.7 Å². The van der Waals surface area contributed by atoms with Crippen molar-refractivity contribution in [2.45, 2.75) is 52.9 Å². The van der Waals surface area contributed by atoms with Gasteiger partial charge in [0.15, 0.2) is 5.82 Å². The van der Waals surface area contributed by atoms with Crippen molar-refractivity contribution in [3.05, 3.63) is 11.8 Å². The zero-order chi connectivity index (χ0) is 15.7. The maximum absolute atomic E-state index is 12.1. The Balaban J connectivity index is 2.48. The van der Waals surface area contributed by atoms with E-state index in [0.29, 0.717) is 24.5 Å². The number of carbonyl (C=O) groups excluding carboxylic acids is 2. The van der Waals surface area contributed by atoms with Crippen LogP contribution in [-0.4, -0.2) is 35.0 Å². The summed E-state index contributed by atoms with van der Waals surface area (Å²) in [6, 6.07) is 1.64. The second-order valence-electron chi connectivity index (χ2n) is 5.14. The number of carbonyl (C=O) groups is 2. The van der Waals surface area contributed by atoms with Crippen molar-refractivity contribution in [1.29, 1.82) is 0 Å². The summed E-state index contributed by atoms with van der Waals surface area (Å²) in [5.74, 6) is 0.802. The summed E-state index contributed by atoms with van der Waals surface area (Å²) in [5, 5.41) is 6.34. The lowest BCUT2D eigenvalue weighted by molar-refractivity contribution is -0.134. The highest BCUT2D eigenvalue weighted by Crippen LogP contribution is 2.08. The summed E-state index contributed by atoms with van der Waals surface area (Å²) in [5.41, 5.74) is 0. The zero-order valence-corrected chi connectivity index (χ0v) is 13.1. The predicted molar refractivity (Wildman–Crippen MR) is 80.9 cm³/mol. The molecule has 2 amide bonds. The first kappa shape index (κ1) is 17.2. The Morgan fingerprint density at radius 1 is 1.29 bits per heavy atom. The number of aromatic nitrogens is 1. The van der Waals surface area contributed by atoms with Crippen LogP contribution < -0.4 is 5.32 Å². The molecule has 0 aliphatic carbocycles. The molecule has 1 aromatic heterocycles. The largest absolute Gasteiger partial charge is 0.360 e. The van der Waals surface area contributed by atoms with Gasteiger partial charge in [0, 0.05) is 19.0 Å². The minimum atomic E-state index is -0.249. The van der Waals surface area contributed by atoms with Crippen LogP contribution in [-0.2, 0) is 9.59 Å². The Morgan fingerprint density at radius 2 is 2.05 bits per heavy atom. The molecule has 21 heavy (non-hydrogen) atoms. The van der Waals surface area contributed by atoms with Gasteiger partial charge in [-0.05, 0) is 19.8 Å². The smallest absolute Gasteiger partial charge is 0.245 e. The number of nitrogens with zero attached hydrogens (tertiary/aromatic N) is 2. The molecule has 1 aromatic rings. The normalized spacial score (nSPS) is 10.4. The Kier molecular flexibility index (Phi) is 7.50. The third kappa shape index (κ3) is 6.42. The molecule has 0 bridgehead atoms. The molecule has 1 heterocycles. The quantitative estimate of drug-likeness (QED) is 0.711. The molecule has 0 radical (unpaired) electrons. The SMILES string of the molecule is CCCCCC(=O)N(CCC)CC(=O)Nc1cc(C)on1. The van der Waals surface area contributed by atoms with E-state index in [1.54, 1.807) is 17.9 Å². The van der Waals surface area contributed by atoms with Crippen molar-refractivity contribution in [2.24, 2.45) is 0 Å². The summed E-state index contributed by atoms with van der Waals surface area (Å²) < 4.78 is 4.89. The molecule has 0 saturated carbocycles. The molecule has 0 unspecified atom stereocenters. The summed E-state index contributed by atoms with van der Waals surface area (Å²) in [4.78, 5) is 25.7. The monoisotopic (exact) mass is 295 g/mol. The molecule has 6 nitrogen and oxygen atoms in total. The van der Waals surface area contributed by atoms with Crippen LogP contribution in [0.25, 0.3) is 0 Å². The van der Waals surface area contributed by atoms with Gasteiger partial charge >= 0.3 is 0 Å². The highest BCUT2D eigenvalue weighted by molar-refractivity contribution is 5.93. The number of nitrogens with one attached hydrogen (secondary N) is 1. The molecule has 0 saturated heterocycles. The number of unbranched alkanes of at least 4 members (excludes halogenated alkanes) is 2. The number of amides is 2. The van der Waals surface area contributed by atoms with Gasteiger partial charge in [0.05, 0.1) is 6.54 Å².